The quantitative estimate of drug-likeness (QED) is 0.394. The maximum absolute atomic E-state index is 12.1. The lowest BCUT2D eigenvalue weighted by molar-refractivity contribution is -0.146. The summed E-state index contributed by atoms with van der Waals surface area (Å²) in [6, 6.07) is 9.31. The molecule has 1 aliphatic heterocycles. The molecular weight excluding hydrogens is 254 g/mol. The van der Waals surface area contributed by atoms with Gasteiger partial charge in [-0.25, -0.2) is 4.79 Å². The van der Waals surface area contributed by atoms with Crippen molar-refractivity contribution in [1.29, 1.82) is 0 Å². The molecule has 0 aromatic heterocycles. The number of Topliss-reactive ketones (excluding diaryl/α,β-unsaturated/α-hetero) is 1. The molecule has 0 radical (unpaired) electrons. The van der Waals surface area contributed by atoms with Crippen molar-refractivity contribution in [1.82, 2.24) is 5.32 Å². The molecule has 4 nitrogen and oxygen atoms in total. The molecule has 1 saturated heterocycles. The van der Waals surface area contributed by atoms with E-state index in [1.807, 2.05) is 30.3 Å². The molecule has 0 spiro atoms. The third-order valence-corrected chi connectivity index (χ3v) is 3.27. The molecular formula is C16H19NO3. The zero-order chi connectivity index (χ0) is 14.4. The Kier molecular flexibility index (Phi) is 5.07. The maximum atomic E-state index is 12.1. The van der Waals surface area contributed by atoms with E-state index in [4.69, 9.17) is 4.74 Å². The molecule has 2 rings (SSSR count). The Morgan fingerprint density at radius 3 is 2.45 bits per heavy atom. The monoisotopic (exact) mass is 273 g/mol. The standard InChI is InChI=1S/C16H19NO3/c1-12(18)15(11-13-5-3-2-4-6-13)16(19)20-14-7-9-17-10-8-14/h2-6,11,14,17H,7-10H2,1H3/b15-11+. The number of piperidine rings is 1. The van der Waals surface area contributed by atoms with Crippen molar-refractivity contribution >= 4 is 17.8 Å². The third-order valence-electron chi connectivity index (χ3n) is 3.27. The summed E-state index contributed by atoms with van der Waals surface area (Å²) in [4.78, 5) is 23.8. The Hall–Kier alpha value is -1.94. The van der Waals surface area contributed by atoms with E-state index in [1.54, 1.807) is 6.08 Å². The molecule has 1 fully saturated rings. The number of benzene rings is 1. The molecule has 0 bridgehead atoms. The summed E-state index contributed by atoms with van der Waals surface area (Å²) in [5.74, 6) is -0.791. The van der Waals surface area contributed by atoms with Crippen LogP contribution in [0.1, 0.15) is 25.3 Å². The number of carbonyl (C=O) groups is 2. The predicted octanol–water partition coefficient (Wildman–Crippen LogP) is 1.95. The van der Waals surface area contributed by atoms with Crippen LogP contribution in [0.15, 0.2) is 35.9 Å². The van der Waals surface area contributed by atoms with Gasteiger partial charge in [-0.3, -0.25) is 4.79 Å². The van der Waals surface area contributed by atoms with E-state index in [2.05, 4.69) is 5.32 Å². The molecule has 0 unspecified atom stereocenters. The van der Waals surface area contributed by atoms with Crippen molar-refractivity contribution < 1.29 is 14.3 Å². The minimum Gasteiger partial charge on any atom is -0.459 e. The zero-order valence-electron chi connectivity index (χ0n) is 11.6. The van der Waals surface area contributed by atoms with Crippen molar-refractivity contribution in [2.45, 2.75) is 25.9 Å². The van der Waals surface area contributed by atoms with Gasteiger partial charge in [0.05, 0.1) is 0 Å². The van der Waals surface area contributed by atoms with Crippen molar-refractivity contribution in [2.24, 2.45) is 0 Å². The predicted molar refractivity (Wildman–Crippen MR) is 77.1 cm³/mol. The van der Waals surface area contributed by atoms with E-state index in [0.717, 1.165) is 31.5 Å². The number of nitrogens with one attached hydrogen (secondary N) is 1. The molecule has 106 valence electrons. The highest BCUT2D eigenvalue weighted by Gasteiger charge is 2.22. The third kappa shape index (κ3) is 4.03. The second-order valence-corrected chi connectivity index (χ2v) is 4.88. The lowest BCUT2D eigenvalue weighted by Crippen LogP contribution is -2.34. The van der Waals surface area contributed by atoms with E-state index in [-0.39, 0.29) is 17.5 Å². The molecule has 0 amide bonds. The van der Waals surface area contributed by atoms with Gasteiger partial charge in [0.1, 0.15) is 11.7 Å². The number of esters is 1. The van der Waals surface area contributed by atoms with E-state index >= 15 is 0 Å². The number of ether oxygens (including phenoxy) is 1. The van der Waals surface area contributed by atoms with Crippen molar-refractivity contribution in [3.63, 3.8) is 0 Å². The SMILES string of the molecule is CC(=O)/C(=C\c1ccccc1)C(=O)OC1CCNCC1. The van der Waals surface area contributed by atoms with Crippen LogP contribution in [-0.2, 0) is 14.3 Å². The van der Waals surface area contributed by atoms with Gasteiger partial charge in [0.2, 0.25) is 0 Å². The fourth-order valence-corrected chi connectivity index (χ4v) is 2.15. The molecule has 1 heterocycles. The van der Waals surface area contributed by atoms with Crippen LogP contribution in [0.4, 0.5) is 0 Å². The van der Waals surface area contributed by atoms with Crippen LogP contribution in [0.5, 0.6) is 0 Å². The summed E-state index contributed by atoms with van der Waals surface area (Å²) in [6.45, 7) is 3.07. The van der Waals surface area contributed by atoms with Crippen LogP contribution in [0.2, 0.25) is 0 Å². The maximum Gasteiger partial charge on any atom is 0.342 e. The van der Waals surface area contributed by atoms with Gasteiger partial charge in [0.25, 0.3) is 0 Å². The molecule has 1 N–H and O–H groups in total. The second-order valence-electron chi connectivity index (χ2n) is 4.88. The first-order valence-electron chi connectivity index (χ1n) is 6.86. The van der Waals surface area contributed by atoms with E-state index in [0.29, 0.717) is 0 Å². The van der Waals surface area contributed by atoms with Gasteiger partial charge in [-0.1, -0.05) is 30.3 Å². The molecule has 4 heteroatoms. The van der Waals surface area contributed by atoms with Crippen LogP contribution >= 0.6 is 0 Å². The van der Waals surface area contributed by atoms with Gasteiger partial charge >= 0.3 is 5.97 Å². The summed E-state index contributed by atoms with van der Waals surface area (Å²) in [5, 5.41) is 3.21. The first-order chi connectivity index (χ1) is 9.66. The summed E-state index contributed by atoms with van der Waals surface area (Å²) in [7, 11) is 0. The zero-order valence-corrected chi connectivity index (χ0v) is 11.6. The lowest BCUT2D eigenvalue weighted by Gasteiger charge is -2.22. The van der Waals surface area contributed by atoms with E-state index in [1.165, 1.54) is 6.92 Å². The van der Waals surface area contributed by atoms with Crippen LogP contribution in [0.25, 0.3) is 6.08 Å². The number of hydrogen-bond acceptors (Lipinski definition) is 4. The van der Waals surface area contributed by atoms with Gasteiger partial charge in [0.15, 0.2) is 5.78 Å². The van der Waals surface area contributed by atoms with Crippen molar-refractivity contribution in [2.75, 3.05) is 13.1 Å². The highest BCUT2D eigenvalue weighted by molar-refractivity contribution is 6.19. The lowest BCUT2D eigenvalue weighted by atomic mass is 10.1. The van der Waals surface area contributed by atoms with E-state index < -0.39 is 5.97 Å². The number of carbonyl (C=O) groups excluding carboxylic acids is 2. The minimum absolute atomic E-state index is 0.0951. The Bertz CT molecular complexity index is 502. The van der Waals surface area contributed by atoms with Crippen LogP contribution < -0.4 is 5.32 Å². The second kappa shape index (κ2) is 7.01. The first kappa shape index (κ1) is 14.5. The summed E-state index contributed by atoms with van der Waals surface area (Å²) in [5.41, 5.74) is 0.926. The highest BCUT2D eigenvalue weighted by Crippen LogP contribution is 2.14. The highest BCUT2D eigenvalue weighted by atomic mass is 16.5. The van der Waals surface area contributed by atoms with Crippen LogP contribution in [0.3, 0.4) is 0 Å². The normalized spacial score (nSPS) is 16.8. The number of ketones is 1. The molecule has 0 atom stereocenters. The van der Waals surface area contributed by atoms with Crippen molar-refractivity contribution in [3.8, 4) is 0 Å². The minimum atomic E-state index is -0.520. The summed E-state index contributed by atoms with van der Waals surface area (Å²) in [6.07, 6.45) is 3.08. The summed E-state index contributed by atoms with van der Waals surface area (Å²) < 4.78 is 5.42. The van der Waals surface area contributed by atoms with Crippen molar-refractivity contribution in [3.05, 3.63) is 41.5 Å². The van der Waals surface area contributed by atoms with E-state index in [9.17, 15) is 9.59 Å². The Morgan fingerprint density at radius 1 is 1.20 bits per heavy atom. The molecule has 0 aliphatic carbocycles. The smallest absolute Gasteiger partial charge is 0.342 e. The Balaban J connectivity index is 2.10. The molecule has 1 aliphatic rings. The largest absolute Gasteiger partial charge is 0.459 e. The number of hydrogen-bond donors (Lipinski definition) is 1. The van der Waals surface area contributed by atoms with Gasteiger partial charge in [-0.15, -0.1) is 0 Å². The van der Waals surface area contributed by atoms with Gasteiger partial charge in [0, 0.05) is 0 Å². The molecule has 20 heavy (non-hydrogen) atoms. The fourth-order valence-electron chi connectivity index (χ4n) is 2.15. The Morgan fingerprint density at radius 2 is 1.85 bits per heavy atom. The topological polar surface area (TPSA) is 55.4 Å². The van der Waals surface area contributed by atoms with Gasteiger partial charge in [-0.2, -0.15) is 0 Å². The molecule has 1 aromatic carbocycles. The van der Waals surface area contributed by atoms with Gasteiger partial charge in [-0.05, 0) is 44.5 Å². The fraction of sp³-hybridized carbons (Fsp3) is 0.375. The molecule has 0 saturated carbocycles. The summed E-state index contributed by atoms with van der Waals surface area (Å²) >= 11 is 0. The average molecular weight is 273 g/mol. The molecule has 1 aromatic rings. The average Bonchev–Trinajstić information content (AvgIpc) is 2.46. The first-order valence-corrected chi connectivity index (χ1v) is 6.86. The van der Waals surface area contributed by atoms with Gasteiger partial charge < -0.3 is 10.1 Å². The van der Waals surface area contributed by atoms with Crippen LogP contribution in [-0.4, -0.2) is 30.9 Å². The van der Waals surface area contributed by atoms with Crippen LogP contribution in [0, 0.1) is 0 Å². The Labute approximate surface area is 118 Å². The number of rotatable bonds is 4.